The minimum atomic E-state index is -2.05. The third kappa shape index (κ3) is 13.8. The van der Waals surface area contributed by atoms with Crippen LogP contribution in [-0.4, -0.2) is 126 Å². The van der Waals surface area contributed by atoms with Crippen LogP contribution in [0.1, 0.15) is 85.5 Å². The van der Waals surface area contributed by atoms with Crippen molar-refractivity contribution in [3.8, 4) is 11.4 Å². The smallest absolute Gasteiger partial charge is 0.407 e. The molecule has 27 heteroatoms. The molecule has 2 aromatic heterocycles. The number of carbonyl (C=O) groups excluding carboxylic acids is 10. The highest BCUT2D eigenvalue weighted by atomic mass is 19.1. The van der Waals surface area contributed by atoms with E-state index < -0.39 is 133 Å². The van der Waals surface area contributed by atoms with Crippen molar-refractivity contribution in [3.05, 3.63) is 104 Å². The molecule has 2 aromatic carbocycles. The van der Waals surface area contributed by atoms with Crippen LogP contribution in [0.4, 0.5) is 19.7 Å². The molecule has 81 heavy (non-hydrogen) atoms. The Bertz CT molecular complexity index is 3290. The molecule has 1 aliphatic carbocycles. The summed E-state index contributed by atoms with van der Waals surface area (Å²) in [7, 11) is 0. The molecule has 0 spiro atoms. The second-order valence-electron chi connectivity index (χ2n) is 19.7. The summed E-state index contributed by atoms with van der Waals surface area (Å²) < 4.78 is 32.4. The SMILES string of the molecule is C=CCOC(=O)NCC(=O)NCC(=O)NCC(=O)NCC(=O)NCC(=O)N[C@@H](C(=O)N[C@H](C)C(=O)Nc1ccc(COC(=O)N[C@H]2CCc3c(C)c(F)cc4nc5c(c2c34)Cn2c-5cc3c(c2=O)COC(=O)[C@]3(O)CC)cc1)C(C)C. The zero-order chi connectivity index (χ0) is 58.9. The van der Waals surface area contributed by atoms with Gasteiger partial charge >= 0.3 is 18.2 Å². The summed E-state index contributed by atoms with van der Waals surface area (Å²) in [6, 6.07) is 6.39. The van der Waals surface area contributed by atoms with E-state index in [-0.39, 0.29) is 43.9 Å². The fraction of sp³-hybridized carbons (Fsp3) is 0.407. The van der Waals surface area contributed by atoms with Crippen molar-refractivity contribution < 1.29 is 71.7 Å². The number of halogens is 1. The van der Waals surface area contributed by atoms with Crippen molar-refractivity contribution in [2.75, 3.05) is 44.6 Å². The number of benzene rings is 2. The highest BCUT2D eigenvalue weighted by Crippen LogP contribution is 2.46. The summed E-state index contributed by atoms with van der Waals surface area (Å²) in [6.45, 7) is 8.24. The van der Waals surface area contributed by atoms with Crippen LogP contribution in [0.25, 0.3) is 22.3 Å². The van der Waals surface area contributed by atoms with Gasteiger partial charge in [-0.05, 0) is 79.5 Å². The summed E-state index contributed by atoms with van der Waals surface area (Å²) in [6.07, 6.45) is 0.427. The molecule has 0 unspecified atom stereocenters. The molecule has 4 aromatic rings. The van der Waals surface area contributed by atoms with Gasteiger partial charge in [-0.25, -0.2) is 23.8 Å². The predicted octanol–water partition coefficient (Wildman–Crippen LogP) is 0.402. The van der Waals surface area contributed by atoms with Gasteiger partial charge in [0.25, 0.3) is 5.56 Å². The largest absolute Gasteiger partial charge is 0.458 e. The zero-order valence-electron chi connectivity index (χ0n) is 45.0. The molecule has 0 radical (unpaired) electrons. The highest BCUT2D eigenvalue weighted by Gasteiger charge is 2.46. The fourth-order valence-corrected chi connectivity index (χ4v) is 9.40. The second-order valence-corrected chi connectivity index (χ2v) is 19.7. The minimum absolute atomic E-state index is 0.0486. The summed E-state index contributed by atoms with van der Waals surface area (Å²) in [4.78, 5) is 144. The Labute approximate surface area is 462 Å². The van der Waals surface area contributed by atoms with E-state index in [2.05, 4.69) is 59.2 Å². The van der Waals surface area contributed by atoms with Crippen molar-refractivity contribution in [1.29, 1.82) is 0 Å². The first-order valence-corrected chi connectivity index (χ1v) is 25.9. The van der Waals surface area contributed by atoms with E-state index in [9.17, 15) is 57.8 Å². The lowest BCUT2D eigenvalue weighted by Crippen LogP contribution is -2.55. The van der Waals surface area contributed by atoms with Crippen LogP contribution in [0.5, 0.6) is 0 Å². The van der Waals surface area contributed by atoms with Gasteiger partial charge in [0, 0.05) is 28.3 Å². The van der Waals surface area contributed by atoms with Crippen molar-refractivity contribution in [2.24, 2.45) is 5.92 Å². The number of esters is 1. The number of alkyl carbamates (subject to hydrolysis) is 2. The fourth-order valence-electron chi connectivity index (χ4n) is 9.40. The summed E-state index contributed by atoms with van der Waals surface area (Å²) >= 11 is 0. The van der Waals surface area contributed by atoms with E-state index in [1.54, 1.807) is 58.0 Å². The number of aromatic nitrogens is 2. The number of nitrogens with one attached hydrogen (secondary N) is 9. The highest BCUT2D eigenvalue weighted by molar-refractivity contribution is 5.99. The maximum absolute atomic E-state index is 15.4. The average Bonchev–Trinajstić information content (AvgIpc) is 2.21. The number of pyridine rings is 2. The maximum Gasteiger partial charge on any atom is 0.407 e. The first-order chi connectivity index (χ1) is 38.5. The number of hydrogen-bond acceptors (Lipinski definition) is 16. The number of aliphatic hydroxyl groups is 1. The minimum Gasteiger partial charge on any atom is -0.458 e. The number of anilines is 1. The van der Waals surface area contributed by atoms with Crippen LogP contribution < -0.4 is 53.4 Å². The van der Waals surface area contributed by atoms with Gasteiger partial charge < -0.3 is 71.7 Å². The molecule has 7 rings (SSSR count). The standard InChI is InChI=1S/C54H62FN11O15/c1-7-15-79-52(76)60-21-42(70)58-19-40(68)56-18-39(67)57-20-41(69)59-22-43(71)65-46(26(3)4)49(73)61-28(6)48(72)62-30-11-9-29(10-12-30)24-81-53(77)64-36-14-13-31-27(5)35(55)17-37-44(31)45(36)32-23-66-38(47(32)63-37)16-34-33(50(66)74)25-80-51(75)54(34,78)8-2/h7,9-12,16-17,26,28,36,46,78H,1,8,13-15,18-25H2,2-6H3,(H,56,68)(H,57,67)(H,58,70)(H,59,69)(H,60,76)(H,61,73)(H,62,72)(H,64,77)(H,65,71)/t28-,36+,46-,54+/m1/s1. The van der Waals surface area contributed by atoms with E-state index in [1.807, 2.05) is 0 Å². The van der Waals surface area contributed by atoms with Crippen LogP contribution in [-0.2, 0) is 84.3 Å². The summed E-state index contributed by atoms with van der Waals surface area (Å²) in [5, 5.41) is 33.9. The van der Waals surface area contributed by atoms with Gasteiger partial charge in [-0.3, -0.25) is 38.4 Å². The molecule has 0 saturated carbocycles. The summed E-state index contributed by atoms with van der Waals surface area (Å²) in [5.74, 6) is -6.81. The molecular weight excluding hydrogens is 1060 g/mol. The van der Waals surface area contributed by atoms with Crippen molar-refractivity contribution in [1.82, 2.24) is 52.1 Å². The Kier molecular flexibility index (Phi) is 18.8. The van der Waals surface area contributed by atoms with E-state index in [0.717, 1.165) is 5.56 Å². The third-order valence-electron chi connectivity index (χ3n) is 13.8. The predicted molar refractivity (Wildman–Crippen MR) is 285 cm³/mol. The van der Waals surface area contributed by atoms with E-state index in [4.69, 9.17) is 14.5 Å². The van der Waals surface area contributed by atoms with Crippen LogP contribution in [0, 0.1) is 18.7 Å². The van der Waals surface area contributed by atoms with Gasteiger partial charge in [0.15, 0.2) is 5.60 Å². The second kappa shape index (κ2) is 25.7. The number of carbonyl (C=O) groups is 10. The van der Waals surface area contributed by atoms with Crippen LogP contribution in [0.2, 0.25) is 0 Å². The summed E-state index contributed by atoms with van der Waals surface area (Å²) in [5.41, 5.74) is 2.10. The average molecular weight is 1120 g/mol. The lowest BCUT2D eigenvalue weighted by Gasteiger charge is -2.31. The lowest BCUT2D eigenvalue weighted by molar-refractivity contribution is -0.172. The van der Waals surface area contributed by atoms with Crippen molar-refractivity contribution in [3.63, 3.8) is 0 Å². The molecule has 10 N–H and O–H groups in total. The normalized spacial score (nSPS) is 16.1. The van der Waals surface area contributed by atoms with Gasteiger partial charge in [-0.1, -0.05) is 45.6 Å². The van der Waals surface area contributed by atoms with E-state index in [1.165, 1.54) is 23.6 Å². The van der Waals surface area contributed by atoms with Gasteiger partial charge in [0.1, 0.15) is 44.3 Å². The van der Waals surface area contributed by atoms with Gasteiger partial charge in [-0.15, -0.1) is 0 Å². The molecule has 2 aliphatic heterocycles. The molecule has 9 amide bonds. The Hall–Kier alpha value is -9.27. The van der Waals surface area contributed by atoms with Crippen LogP contribution >= 0.6 is 0 Å². The first-order valence-electron chi connectivity index (χ1n) is 25.9. The number of nitrogens with zero attached hydrogens (tertiary/aromatic N) is 2. The Morgan fingerprint density at radius 1 is 0.827 bits per heavy atom. The van der Waals surface area contributed by atoms with Crippen LogP contribution in [0.3, 0.4) is 0 Å². The molecular formula is C54H62FN11O15. The molecule has 0 fully saturated rings. The molecule has 4 heterocycles. The molecule has 3 aliphatic rings. The zero-order valence-corrected chi connectivity index (χ0v) is 45.0. The molecule has 0 saturated heterocycles. The van der Waals surface area contributed by atoms with E-state index >= 15 is 4.39 Å². The number of amides is 9. The number of rotatable bonds is 22. The topological polar surface area (TPSA) is 362 Å². The van der Waals surface area contributed by atoms with E-state index in [0.29, 0.717) is 63.1 Å². The Balaban J connectivity index is 0.856. The number of cyclic esters (lactones) is 1. The maximum atomic E-state index is 15.4. The molecule has 4 atom stereocenters. The lowest BCUT2D eigenvalue weighted by atomic mass is 9.81. The van der Waals surface area contributed by atoms with Crippen molar-refractivity contribution >= 4 is 76.1 Å². The van der Waals surface area contributed by atoms with Gasteiger partial charge in [-0.2, -0.15) is 0 Å². The van der Waals surface area contributed by atoms with Crippen LogP contribution in [0.15, 0.2) is 53.8 Å². The van der Waals surface area contributed by atoms with Gasteiger partial charge in [0.05, 0.1) is 61.2 Å². The monoisotopic (exact) mass is 1120 g/mol. The number of ether oxygens (including phenoxy) is 3. The van der Waals surface area contributed by atoms with Gasteiger partial charge in [0.2, 0.25) is 41.4 Å². The Morgan fingerprint density at radius 3 is 2.05 bits per heavy atom. The number of hydrogen-bond donors (Lipinski definition) is 10. The van der Waals surface area contributed by atoms with Crippen molar-refractivity contribution in [2.45, 2.75) is 97.4 Å². The third-order valence-corrected chi connectivity index (χ3v) is 13.8. The first kappa shape index (κ1) is 59.4. The molecule has 0 bridgehead atoms. The quantitative estimate of drug-likeness (QED) is 0.0255. The molecule has 430 valence electrons. The Morgan fingerprint density at radius 2 is 1.44 bits per heavy atom. The number of aryl methyl sites for hydroxylation is 1. The molecule has 26 nitrogen and oxygen atoms in total. The number of fused-ring (bicyclic) bond motifs is 5.